The van der Waals surface area contributed by atoms with Gasteiger partial charge in [-0.15, -0.1) is 0 Å². The summed E-state index contributed by atoms with van der Waals surface area (Å²) in [5.74, 6) is -1.41. The van der Waals surface area contributed by atoms with E-state index in [1.54, 1.807) is 24.3 Å². The molecule has 11 heteroatoms. The molecule has 1 aromatic heterocycles. The molecule has 4 N–H and O–H groups in total. The van der Waals surface area contributed by atoms with Crippen LogP contribution in [0.25, 0.3) is 0 Å². The molecule has 0 bridgehead atoms. The van der Waals surface area contributed by atoms with Crippen LogP contribution in [0.3, 0.4) is 0 Å². The van der Waals surface area contributed by atoms with Gasteiger partial charge in [0.2, 0.25) is 0 Å². The summed E-state index contributed by atoms with van der Waals surface area (Å²) in [5.41, 5.74) is 9.35. The lowest BCUT2D eigenvalue weighted by Gasteiger charge is -2.09. The summed E-state index contributed by atoms with van der Waals surface area (Å²) in [6.45, 7) is 0. The first-order chi connectivity index (χ1) is 16.4. The molecule has 0 aliphatic rings. The Morgan fingerprint density at radius 3 is 1.26 bits per heavy atom. The first kappa shape index (κ1) is 23.7. The Balaban J connectivity index is 1.55. The van der Waals surface area contributed by atoms with E-state index in [4.69, 9.17) is 9.47 Å². The van der Waals surface area contributed by atoms with Gasteiger partial charge < -0.3 is 9.47 Å². The maximum atomic E-state index is 12.3. The summed E-state index contributed by atoms with van der Waals surface area (Å²) >= 11 is 0. The average Bonchev–Trinajstić information content (AvgIpc) is 2.90. The number of nitrogens with one attached hydrogen (secondary N) is 4. The summed E-state index contributed by atoms with van der Waals surface area (Å²) in [5, 5.41) is 0. The molecule has 2 aromatic carbocycles. The Hall–Kier alpha value is -4.93. The second-order valence-corrected chi connectivity index (χ2v) is 6.68. The van der Waals surface area contributed by atoms with Crippen LogP contribution < -0.4 is 31.2 Å². The van der Waals surface area contributed by atoms with Crippen LogP contribution in [-0.4, -0.2) is 42.8 Å². The maximum Gasteiger partial charge on any atom is 0.288 e. The van der Waals surface area contributed by atoms with E-state index in [1.165, 1.54) is 56.7 Å². The number of rotatable bonds is 6. The summed E-state index contributed by atoms with van der Waals surface area (Å²) in [6.07, 6.45) is 0. The molecule has 0 radical (unpaired) electrons. The van der Waals surface area contributed by atoms with E-state index in [2.05, 4.69) is 26.7 Å². The number of hydrogen-bond donors (Lipinski definition) is 4. The fourth-order valence-electron chi connectivity index (χ4n) is 2.67. The number of amides is 4. The number of aromatic nitrogens is 1. The summed E-state index contributed by atoms with van der Waals surface area (Å²) in [7, 11) is 3.01. The molecule has 0 aliphatic carbocycles. The van der Waals surface area contributed by atoms with Crippen LogP contribution in [0.1, 0.15) is 41.7 Å². The van der Waals surface area contributed by atoms with Crippen molar-refractivity contribution in [3.05, 3.63) is 89.2 Å². The summed E-state index contributed by atoms with van der Waals surface area (Å²) in [4.78, 5) is 53.0. The molecular formula is C23H21N5O6. The Morgan fingerprint density at radius 1 is 0.559 bits per heavy atom. The van der Waals surface area contributed by atoms with Crippen molar-refractivity contribution in [3.8, 4) is 11.5 Å². The van der Waals surface area contributed by atoms with Crippen molar-refractivity contribution >= 4 is 23.6 Å². The lowest BCUT2D eigenvalue weighted by atomic mass is 10.2. The van der Waals surface area contributed by atoms with E-state index in [9.17, 15) is 19.2 Å². The van der Waals surface area contributed by atoms with Crippen LogP contribution in [0.2, 0.25) is 0 Å². The third-order valence-electron chi connectivity index (χ3n) is 4.50. The predicted molar refractivity (Wildman–Crippen MR) is 120 cm³/mol. The molecule has 4 amide bonds. The number of ether oxygens (including phenoxy) is 2. The second-order valence-electron chi connectivity index (χ2n) is 6.68. The molecular weight excluding hydrogens is 442 g/mol. The minimum absolute atomic E-state index is 0.121. The minimum atomic E-state index is -0.737. The van der Waals surface area contributed by atoms with Crippen molar-refractivity contribution < 1.29 is 28.7 Å². The van der Waals surface area contributed by atoms with Crippen molar-refractivity contribution in [2.45, 2.75) is 0 Å². The SMILES string of the molecule is COc1ccc(C(=O)NNC(=O)c2cccc(C(=O)NNC(=O)c3ccc(OC)cc3)n2)cc1. The largest absolute Gasteiger partial charge is 0.497 e. The van der Waals surface area contributed by atoms with E-state index < -0.39 is 23.6 Å². The third kappa shape index (κ3) is 6.07. The number of nitrogens with zero attached hydrogens (tertiary/aromatic N) is 1. The first-order valence-electron chi connectivity index (χ1n) is 9.88. The summed E-state index contributed by atoms with van der Waals surface area (Å²) < 4.78 is 10.1. The highest BCUT2D eigenvalue weighted by Crippen LogP contribution is 2.12. The van der Waals surface area contributed by atoms with Crippen molar-refractivity contribution in [2.24, 2.45) is 0 Å². The number of pyridine rings is 1. The number of methoxy groups -OCH3 is 2. The molecule has 174 valence electrons. The van der Waals surface area contributed by atoms with E-state index in [0.29, 0.717) is 22.6 Å². The number of hydrazine groups is 2. The van der Waals surface area contributed by atoms with Gasteiger partial charge in [-0.2, -0.15) is 0 Å². The zero-order valence-corrected chi connectivity index (χ0v) is 18.2. The van der Waals surface area contributed by atoms with E-state index >= 15 is 0 Å². The highest BCUT2D eigenvalue weighted by molar-refractivity contribution is 6.00. The lowest BCUT2D eigenvalue weighted by Crippen LogP contribution is -2.43. The van der Waals surface area contributed by atoms with Crippen molar-refractivity contribution in [3.63, 3.8) is 0 Å². The van der Waals surface area contributed by atoms with Gasteiger partial charge in [-0.25, -0.2) is 4.98 Å². The molecule has 0 atom stereocenters. The molecule has 0 aliphatic heterocycles. The van der Waals surface area contributed by atoms with Gasteiger partial charge in [0.15, 0.2) is 0 Å². The topological polar surface area (TPSA) is 148 Å². The smallest absolute Gasteiger partial charge is 0.288 e. The van der Waals surface area contributed by atoms with E-state index in [-0.39, 0.29) is 11.4 Å². The van der Waals surface area contributed by atoms with Gasteiger partial charge >= 0.3 is 0 Å². The number of benzene rings is 2. The van der Waals surface area contributed by atoms with Gasteiger partial charge in [0.05, 0.1) is 14.2 Å². The molecule has 0 unspecified atom stereocenters. The molecule has 3 rings (SSSR count). The molecule has 0 saturated heterocycles. The van der Waals surface area contributed by atoms with Crippen molar-refractivity contribution in [1.29, 1.82) is 0 Å². The fraction of sp³-hybridized carbons (Fsp3) is 0.0870. The number of carbonyl (C=O) groups excluding carboxylic acids is 4. The second kappa shape index (κ2) is 11.1. The highest BCUT2D eigenvalue weighted by Gasteiger charge is 2.15. The van der Waals surface area contributed by atoms with Crippen LogP contribution >= 0.6 is 0 Å². The van der Waals surface area contributed by atoms with Crippen LogP contribution in [0.5, 0.6) is 11.5 Å². The molecule has 3 aromatic rings. The molecule has 0 fully saturated rings. The van der Waals surface area contributed by atoms with Gasteiger partial charge in [-0.1, -0.05) is 6.07 Å². The Morgan fingerprint density at radius 2 is 0.912 bits per heavy atom. The molecule has 1 heterocycles. The average molecular weight is 463 g/mol. The first-order valence-corrected chi connectivity index (χ1v) is 9.88. The minimum Gasteiger partial charge on any atom is -0.497 e. The molecule has 34 heavy (non-hydrogen) atoms. The van der Waals surface area contributed by atoms with Gasteiger partial charge in [0.25, 0.3) is 23.6 Å². The lowest BCUT2D eigenvalue weighted by molar-refractivity contribution is 0.0836. The molecule has 0 spiro atoms. The van der Waals surface area contributed by atoms with E-state index in [1.807, 2.05) is 0 Å². The zero-order chi connectivity index (χ0) is 24.5. The Bertz CT molecular complexity index is 1100. The van der Waals surface area contributed by atoms with Crippen LogP contribution in [0, 0.1) is 0 Å². The third-order valence-corrected chi connectivity index (χ3v) is 4.50. The number of carbonyl (C=O) groups is 4. The van der Waals surface area contributed by atoms with Gasteiger partial charge in [-0.05, 0) is 60.7 Å². The van der Waals surface area contributed by atoms with Crippen LogP contribution in [0.15, 0.2) is 66.7 Å². The quantitative estimate of drug-likeness (QED) is 0.402. The number of hydrogen-bond acceptors (Lipinski definition) is 7. The van der Waals surface area contributed by atoms with Gasteiger partial charge in [0, 0.05) is 11.1 Å². The van der Waals surface area contributed by atoms with Gasteiger partial charge in [0.1, 0.15) is 22.9 Å². The molecule has 11 nitrogen and oxygen atoms in total. The monoisotopic (exact) mass is 463 g/mol. The van der Waals surface area contributed by atoms with Crippen molar-refractivity contribution in [1.82, 2.24) is 26.7 Å². The molecule has 0 saturated carbocycles. The van der Waals surface area contributed by atoms with Gasteiger partial charge in [-0.3, -0.25) is 40.9 Å². The standard InChI is InChI=1S/C23H21N5O6/c1-33-16-10-6-14(7-11-16)20(29)25-27-22(31)18-4-3-5-19(24-18)23(32)28-26-21(30)15-8-12-17(34-2)13-9-15/h3-13H,1-2H3,(H,25,29)(H,26,30)(H,27,31)(H,28,32). The zero-order valence-electron chi connectivity index (χ0n) is 18.2. The van der Waals surface area contributed by atoms with Crippen molar-refractivity contribution in [2.75, 3.05) is 14.2 Å². The predicted octanol–water partition coefficient (Wildman–Crippen LogP) is 1.25. The van der Waals surface area contributed by atoms with Crippen LogP contribution in [0.4, 0.5) is 0 Å². The van der Waals surface area contributed by atoms with Crippen LogP contribution in [-0.2, 0) is 0 Å². The Kier molecular flexibility index (Phi) is 7.74. The fourth-order valence-corrected chi connectivity index (χ4v) is 2.67. The van der Waals surface area contributed by atoms with E-state index in [0.717, 1.165) is 0 Å². The highest BCUT2D eigenvalue weighted by atomic mass is 16.5. The summed E-state index contributed by atoms with van der Waals surface area (Å²) in [6, 6.07) is 16.7. The maximum absolute atomic E-state index is 12.3. The normalized spacial score (nSPS) is 9.94. The Labute approximate surface area is 194 Å².